The largest absolute Gasteiger partial charge is 0.508 e. The van der Waals surface area contributed by atoms with Crippen LogP contribution in [0, 0.1) is 5.92 Å². The Bertz CT molecular complexity index is 1380. The van der Waals surface area contributed by atoms with Gasteiger partial charge in [0.15, 0.2) is 0 Å². The Morgan fingerprint density at radius 2 is 1.26 bits per heavy atom. The zero-order valence-electron chi connectivity index (χ0n) is 24.0. The lowest BCUT2D eigenvalue weighted by molar-refractivity contribution is -0.137. The fourth-order valence-electron chi connectivity index (χ4n) is 5.26. The summed E-state index contributed by atoms with van der Waals surface area (Å²) in [6.45, 7) is 0.743. The number of carbonyl (C=O) groups is 4. The van der Waals surface area contributed by atoms with E-state index in [0.29, 0.717) is 32.4 Å². The number of nitrogens with two attached hydrogens (primary N) is 2. The molecule has 10 nitrogen and oxygen atoms in total. The Kier molecular flexibility index (Phi) is 10.9. The van der Waals surface area contributed by atoms with Crippen LogP contribution in [0.2, 0.25) is 0 Å². The molecule has 1 fully saturated rings. The SMILES string of the molecule is NC(=O)[C@H](Cc1ccccc1)NC(=O)[C@H](Cc1ccccc1)NC(=O)C1CCN(C(=O)[C@@H](N)Cc2ccc(O)cc2)CC1. The van der Waals surface area contributed by atoms with Gasteiger partial charge in [0.25, 0.3) is 0 Å². The highest BCUT2D eigenvalue weighted by molar-refractivity contribution is 5.92. The second-order valence-corrected chi connectivity index (χ2v) is 11.0. The van der Waals surface area contributed by atoms with Crippen LogP contribution in [0.25, 0.3) is 0 Å². The van der Waals surface area contributed by atoms with Gasteiger partial charge in [-0.05, 0) is 48.1 Å². The average molecular weight is 586 g/mol. The Hall–Kier alpha value is -4.70. The molecule has 0 saturated carbocycles. The van der Waals surface area contributed by atoms with E-state index >= 15 is 0 Å². The van der Waals surface area contributed by atoms with Crippen LogP contribution in [0.4, 0.5) is 0 Å². The molecule has 1 aliphatic rings. The minimum absolute atomic E-state index is 0.146. The molecule has 0 aromatic heterocycles. The van der Waals surface area contributed by atoms with E-state index in [2.05, 4.69) is 10.6 Å². The van der Waals surface area contributed by atoms with Crippen molar-refractivity contribution < 1.29 is 24.3 Å². The Balaban J connectivity index is 1.36. The molecule has 226 valence electrons. The predicted octanol–water partition coefficient (Wildman–Crippen LogP) is 1.44. The number of amides is 4. The number of hydrogen-bond acceptors (Lipinski definition) is 6. The number of rotatable bonds is 12. The van der Waals surface area contributed by atoms with Gasteiger partial charge in [-0.25, -0.2) is 0 Å². The van der Waals surface area contributed by atoms with Crippen molar-refractivity contribution in [2.45, 2.75) is 50.2 Å². The zero-order valence-corrected chi connectivity index (χ0v) is 24.0. The Morgan fingerprint density at radius 1 is 0.744 bits per heavy atom. The van der Waals surface area contributed by atoms with Crippen molar-refractivity contribution >= 4 is 23.6 Å². The number of aromatic hydroxyl groups is 1. The Morgan fingerprint density at radius 3 is 1.79 bits per heavy atom. The lowest BCUT2D eigenvalue weighted by atomic mass is 9.94. The molecular formula is C33H39N5O5. The first-order chi connectivity index (χ1) is 20.7. The normalized spacial score (nSPS) is 15.6. The van der Waals surface area contributed by atoms with Crippen molar-refractivity contribution in [2.75, 3.05) is 13.1 Å². The van der Waals surface area contributed by atoms with Gasteiger partial charge in [-0.3, -0.25) is 19.2 Å². The fraction of sp³-hybridized carbons (Fsp3) is 0.333. The van der Waals surface area contributed by atoms with Crippen LogP contribution in [0.3, 0.4) is 0 Å². The average Bonchev–Trinajstić information content (AvgIpc) is 3.02. The quantitative estimate of drug-likeness (QED) is 0.216. The van der Waals surface area contributed by atoms with Crippen molar-refractivity contribution in [1.82, 2.24) is 15.5 Å². The van der Waals surface area contributed by atoms with Gasteiger partial charge in [-0.15, -0.1) is 0 Å². The number of hydrogen-bond donors (Lipinski definition) is 5. The third-order valence-electron chi connectivity index (χ3n) is 7.74. The van der Waals surface area contributed by atoms with E-state index < -0.39 is 29.9 Å². The van der Waals surface area contributed by atoms with Gasteiger partial charge >= 0.3 is 0 Å². The van der Waals surface area contributed by atoms with E-state index in [4.69, 9.17) is 11.5 Å². The monoisotopic (exact) mass is 585 g/mol. The van der Waals surface area contributed by atoms with Crippen molar-refractivity contribution in [2.24, 2.45) is 17.4 Å². The minimum Gasteiger partial charge on any atom is -0.508 e. The van der Waals surface area contributed by atoms with Crippen molar-refractivity contribution in [3.05, 3.63) is 102 Å². The molecule has 43 heavy (non-hydrogen) atoms. The molecule has 1 heterocycles. The molecule has 4 rings (SSSR count). The number of primary amides is 1. The first-order valence-electron chi connectivity index (χ1n) is 14.5. The summed E-state index contributed by atoms with van der Waals surface area (Å²) in [7, 11) is 0. The lowest BCUT2D eigenvalue weighted by Crippen LogP contribution is -2.56. The summed E-state index contributed by atoms with van der Waals surface area (Å²) in [5, 5.41) is 15.1. The van der Waals surface area contributed by atoms with Gasteiger partial charge in [-0.2, -0.15) is 0 Å². The van der Waals surface area contributed by atoms with E-state index in [1.807, 2.05) is 60.7 Å². The summed E-state index contributed by atoms with van der Waals surface area (Å²) in [5.74, 6) is -1.88. The van der Waals surface area contributed by atoms with Crippen LogP contribution in [-0.2, 0) is 38.4 Å². The third kappa shape index (κ3) is 9.14. The number of nitrogens with one attached hydrogen (secondary N) is 2. The van der Waals surface area contributed by atoms with Gasteiger partial charge in [-0.1, -0.05) is 72.8 Å². The summed E-state index contributed by atoms with van der Waals surface area (Å²) in [6, 6.07) is 22.5. The fourth-order valence-corrected chi connectivity index (χ4v) is 5.26. The van der Waals surface area contributed by atoms with E-state index in [9.17, 15) is 24.3 Å². The van der Waals surface area contributed by atoms with Crippen LogP contribution < -0.4 is 22.1 Å². The summed E-state index contributed by atoms with van der Waals surface area (Å²) in [4.78, 5) is 53.6. The number of nitrogens with zero attached hydrogens (tertiary/aromatic N) is 1. The van der Waals surface area contributed by atoms with Gasteiger partial charge < -0.3 is 32.1 Å². The summed E-state index contributed by atoms with van der Waals surface area (Å²) < 4.78 is 0. The second-order valence-electron chi connectivity index (χ2n) is 11.0. The molecule has 0 radical (unpaired) electrons. The molecule has 0 aliphatic carbocycles. The molecule has 3 aromatic rings. The van der Waals surface area contributed by atoms with Crippen molar-refractivity contribution in [3.63, 3.8) is 0 Å². The zero-order chi connectivity index (χ0) is 30.8. The molecule has 4 amide bonds. The molecule has 0 bridgehead atoms. The number of likely N-dealkylation sites (tertiary alicyclic amines) is 1. The van der Waals surface area contributed by atoms with E-state index in [1.165, 1.54) is 0 Å². The number of phenolic OH excluding ortho intramolecular Hbond substituents is 1. The molecule has 7 N–H and O–H groups in total. The maximum absolute atomic E-state index is 13.4. The van der Waals surface area contributed by atoms with E-state index in [0.717, 1.165) is 16.7 Å². The van der Waals surface area contributed by atoms with Gasteiger partial charge in [0.05, 0.1) is 6.04 Å². The van der Waals surface area contributed by atoms with E-state index in [1.54, 1.807) is 29.2 Å². The lowest BCUT2D eigenvalue weighted by Gasteiger charge is -2.33. The predicted molar refractivity (Wildman–Crippen MR) is 162 cm³/mol. The third-order valence-corrected chi connectivity index (χ3v) is 7.74. The van der Waals surface area contributed by atoms with Crippen LogP contribution in [0.1, 0.15) is 29.5 Å². The number of phenols is 1. The molecule has 3 atom stereocenters. The van der Waals surface area contributed by atoms with Crippen LogP contribution in [0.5, 0.6) is 5.75 Å². The first kappa shape index (κ1) is 31.2. The highest BCUT2D eigenvalue weighted by Crippen LogP contribution is 2.20. The Labute approximate surface area is 251 Å². The number of carbonyl (C=O) groups excluding carboxylic acids is 4. The highest BCUT2D eigenvalue weighted by Gasteiger charge is 2.32. The summed E-state index contributed by atoms with van der Waals surface area (Å²) in [6.07, 6.45) is 1.67. The number of piperidine rings is 1. The standard InChI is InChI=1S/C33H39N5O5/c34-27(19-24-11-13-26(39)14-12-24)33(43)38-17-15-25(16-18-38)31(41)37-29(21-23-9-5-2-6-10-23)32(42)36-28(30(35)40)20-22-7-3-1-4-8-22/h1-14,25,27-29,39H,15-21,34H2,(H2,35,40)(H,36,42)(H,37,41)/t27-,28-,29-/m0/s1. The van der Waals surface area contributed by atoms with Gasteiger partial charge in [0, 0.05) is 31.8 Å². The topological polar surface area (TPSA) is 168 Å². The molecule has 0 unspecified atom stereocenters. The van der Waals surface area contributed by atoms with Crippen LogP contribution in [-0.4, -0.2) is 64.9 Å². The molecule has 1 saturated heterocycles. The highest BCUT2D eigenvalue weighted by atomic mass is 16.3. The molecular weight excluding hydrogens is 546 g/mol. The van der Waals surface area contributed by atoms with Crippen molar-refractivity contribution in [1.29, 1.82) is 0 Å². The maximum Gasteiger partial charge on any atom is 0.243 e. The summed E-state index contributed by atoms with van der Waals surface area (Å²) >= 11 is 0. The van der Waals surface area contributed by atoms with Crippen LogP contribution in [0.15, 0.2) is 84.9 Å². The van der Waals surface area contributed by atoms with Crippen LogP contribution >= 0.6 is 0 Å². The molecule has 3 aromatic carbocycles. The first-order valence-corrected chi connectivity index (χ1v) is 14.5. The van der Waals surface area contributed by atoms with E-state index in [-0.39, 0.29) is 36.3 Å². The number of benzene rings is 3. The maximum atomic E-state index is 13.4. The smallest absolute Gasteiger partial charge is 0.243 e. The minimum atomic E-state index is -0.940. The summed E-state index contributed by atoms with van der Waals surface area (Å²) in [5.41, 5.74) is 14.3. The van der Waals surface area contributed by atoms with Crippen molar-refractivity contribution in [3.8, 4) is 5.75 Å². The molecule has 0 spiro atoms. The molecule has 10 heteroatoms. The van der Waals surface area contributed by atoms with Gasteiger partial charge in [0.1, 0.15) is 17.8 Å². The molecule has 1 aliphatic heterocycles. The second kappa shape index (κ2) is 15.0. The van der Waals surface area contributed by atoms with Gasteiger partial charge in [0.2, 0.25) is 23.6 Å².